The van der Waals surface area contributed by atoms with Crippen molar-refractivity contribution in [3.05, 3.63) is 89.7 Å². The maximum absolute atomic E-state index is 13.2. The molecule has 34 heavy (non-hydrogen) atoms. The van der Waals surface area contributed by atoms with Gasteiger partial charge in [-0.3, -0.25) is 9.78 Å². The second-order valence-corrected chi connectivity index (χ2v) is 7.49. The Kier molecular flexibility index (Phi) is 5.57. The molecule has 0 unspecified atom stereocenters. The van der Waals surface area contributed by atoms with Gasteiger partial charge < -0.3 is 15.8 Å². The highest BCUT2D eigenvalue weighted by Gasteiger charge is 2.24. The zero-order chi connectivity index (χ0) is 23.5. The van der Waals surface area contributed by atoms with Crippen molar-refractivity contribution in [1.29, 1.82) is 0 Å². The molecule has 0 saturated heterocycles. The summed E-state index contributed by atoms with van der Waals surface area (Å²) in [6.45, 7) is 0.313. The normalized spacial score (nSPS) is 11.3. The van der Waals surface area contributed by atoms with E-state index in [1.165, 1.54) is 4.68 Å². The van der Waals surface area contributed by atoms with E-state index in [0.29, 0.717) is 34.4 Å². The number of hydrogen-bond acceptors (Lipinski definition) is 7. The molecule has 0 fully saturated rings. The molecule has 1 amide bonds. The molecule has 0 bridgehead atoms. The fourth-order valence-corrected chi connectivity index (χ4v) is 3.57. The average Bonchev–Trinajstić information content (AvgIpc) is 3.15. The molecule has 2 aromatic carbocycles. The number of pyridine rings is 1. The van der Waals surface area contributed by atoms with Gasteiger partial charge in [-0.05, 0) is 42.0 Å². The number of ether oxygens (including phenoxy) is 1. The van der Waals surface area contributed by atoms with Crippen molar-refractivity contribution in [2.24, 2.45) is 5.10 Å². The smallest absolute Gasteiger partial charge is 0.257 e. The molecule has 5 rings (SSSR count). The monoisotopic (exact) mass is 451 g/mol. The lowest BCUT2D eigenvalue weighted by atomic mass is 10.2. The van der Waals surface area contributed by atoms with Gasteiger partial charge in [0, 0.05) is 12.7 Å². The third kappa shape index (κ3) is 4.02. The molecule has 0 aliphatic carbocycles. The Hall–Kier alpha value is -4.79. The predicted octanol–water partition coefficient (Wildman–Crippen LogP) is 3.38. The van der Waals surface area contributed by atoms with Crippen molar-refractivity contribution in [2.75, 3.05) is 12.8 Å². The first-order valence-corrected chi connectivity index (χ1v) is 10.6. The number of hydrogen-bond donors (Lipinski definition) is 2. The summed E-state index contributed by atoms with van der Waals surface area (Å²) in [5, 5.41) is 7.37. The van der Waals surface area contributed by atoms with Crippen LogP contribution in [0.3, 0.4) is 0 Å². The minimum atomic E-state index is -0.366. The van der Waals surface area contributed by atoms with E-state index in [9.17, 15) is 4.79 Å². The van der Waals surface area contributed by atoms with Crippen LogP contribution in [0.2, 0.25) is 0 Å². The van der Waals surface area contributed by atoms with Crippen LogP contribution in [0.25, 0.3) is 22.2 Å². The summed E-state index contributed by atoms with van der Waals surface area (Å²) < 4.78 is 6.60. The van der Waals surface area contributed by atoms with Crippen LogP contribution < -0.4 is 15.8 Å². The lowest BCUT2D eigenvalue weighted by Crippen LogP contribution is -2.23. The number of fused-ring (bicyclic) bond motifs is 2. The van der Waals surface area contributed by atoms with Crippen molar-refractivity contribution < 1.29 is 9.53 Å². The Morgan fingerprint density at radius 1 is 1.06 bits per heavy atom. The fraction of sp³-hybridized carbons (Fsp3) is 0.0800. The van der Waals surface area contributed by atoms with Gasteiger partial charge in [0.2, 0.25) is 0 Å². The van der Waals surface area contributed by atoms with E-state index in [1.54, 1.807) is 19.5 Å². The first kappa shape index (κ1) is 21.1. The quantitative estimate of drug-likeness (QED) is 0.382. The Bertz CT molecular complexity index is 1510. The number of rotatable bonds is 6. The van der Waals surface area contributed by atoms with Gasteiger partial charge in [0.1, 0.15) is 22.6 Å². The second-order valence-electron chi connectivity index (χ2n) is 7.49. The largest absolute Gasteiger partial charge is 0.497 e. The van der Waals surface area contributed by atoms with E-state index >= 15 is 0 Å². The number of para-hydroxylation sites is 2. The first-order valence-electron chi connectivity index (χ1n) is 10.6. The van der Waals surface area contributed by atoms with Gasteiger partial charge in [-0.1, -0.05) is 30.3 Å². The SMILES string of the molecule is COc1ccc(CNC(=O)c2c(N)n(/N=C\c3ccccn3)c3nc4ccccc4nc23)cc1. The van der Waals surface area contributed by atoms with Crippen LogP contribution in [0, 0.1) is 0 Å². The van der Waals surface area contributed by atoms with Crippen LogP contribution in [0.4, 0.5) is 5.82 Å². The van der Waals surface area contributed by atoms with Crippen LogP contribution in [0.5, 0.6) is 5.75 Å². The molecule has 0 atom stereocenters. The number of anilines is 1. The number of carbonyl (C=O) groups is 1. The summed E-state index contributed by atoms with van der Waals surface area (Å²) in [6, 6.07) is 20.4. The second kappa shape index (κ2) is 8.99. The molecule has 9 nitrogen and oxygen atoms in total. The Morgan fingerprint density at radius 2 is 1.79 bits per heavy atom. The van der Waals surface area contributed by atoms with Crippen LogP contribution in [-0.4, -0.2) is 38.9 Å². The molecule has 0 spiro atoms. The molecule has 0 aliphatic rings. The molecule has 0 saturated carbocycles. The lowest BCUT2D eigenvalue weighted by molar-refractivity contribution is 0.0953. The molecule has 3 aromatic heterocycles. The number of methoxy groups -OCH3 is 1. The number of nitrogens with zero attached hydrogens (tertiary/aromatic N) is 5. The molecular weight excluding hydrogens is 430 g/mol. The summed E-state index contributed by atoms with van der Waals surface area (Å²) in [5.41, 5.74) is 10.3. The number of carbonyl (C=O) groups excluding carboxylic acids is 1. The maximum atomic E-state index is 13.2. The van der Waals surface area contributed by atoms with E-state index in [-0.39, 0.29) is 17.3 Å². The molecule has 168 valence electrons. The number of nitrogen functional groups attached to an aromatic ring is 1. The number of benzene rings is 2. The summed E-state index contributed by atoms with van der Waals surface area (Å²) in [7, 11) is 1.61. The summed E-state index contributed by atoms with van der Waals surface area (Å²) >= 11 is 0. The average molecular weight is 451 g/mol. The summed E-state index contributed by atoms with van der Waals surface area (Å²) in [4.78, 5) is 26.8. The van der Waals surface area contributed by atoms with E-state index < -0.39 is 0 Å². The van der Waals surface area contributed by atoms with Crippen LogP contribution in [0.1, 0.15) is 21.6 Å². The van der Waals surface area contributed by atoms with Crippen LogP contribution in [-0.2, 0) is 6.54 Å². The highest BCUT2D eigenvalue weighted by Crippen LogP contribution is 2.28. The third-order valence-corrected chi connectivity index (χ3v) is 5.31. The highest BCUT2D eigenvalue weighted by molar-refractivity contribution is 6.10. The van der Waals surface area contributed by atoms with Gasteiger partial charge in [-0.25, -0.2) is 9.97 Å². The Balaban J connectivity index is 1.55. The van der Waals surface area contributed by atoms with Crippen molar-refractivity contribution in [2.45, 2.75) is 6.54 Å². The number of nitrogens with two attached hydrogens (primary N) is 1. The Morgan fingerprint density at radius 3 is 2.50 bits per heavy atom. The molecule has 5 aromatic rings. The number of amides is 1. The standard InChI is InChI=1S/C25H21N7O2/c1-34-18-11-9-16(10-12-18)14-28-25(33)21-22-24(31-20-8-3-2-7-19(20)30-22)32(23(21)26)29-15-17-6-4-5-13-27-17/h2-13,15H,14,26H2,1H3,(H,28,33)/b29-15-. The molecular formula is C25H21N7O2. The van der Waals surface area contributed by atoms with E-state index in [1.807, 2.05) is 66.7 Å². The fourth-order valence-electron chi connectivity index (χ4n) is 3.57. The molecule has 0 radical (unpaired) electrons. The summed E-state index contributed by atoms with van der Waals surface area (Å²) in [6.07, 6.45) is 3.23. The maximum Gasteiger partial charge on any atom is 0.257 e. The zero-order valence-electron chi connectivity index (χ0n) is 18.3. The molecule has 3 heterocycles. The van der Waals surface area contributed by atoms with Gasteiger partial charge in [-0.15, -0.1) is 0 Å². The molecule has 3 N–H and O–H groups in total. The molecule has 9 heteroatoms. The first-order chi connectivity index (χ1) is 16.6. The Labute approximate surface area is 194 Å². The number of aromatic nitrogens is 4. The van der Waals surface area contributed by atoms with Crippen LogP contribution >= 0.6 is 0 Å². The zero-order valence-corrected chi connectivity index (χ0v) is 18.3. The van der Waals surface area contributed by atoms with E-state index in [0.717, 1.165) is 11.3 Å². The van der Waals surface area contributed by atoms with Gasteiger partial charge in [0.05, 0.1) is 30.1 Å². The summed E-state index contributed by atoms with van der Waals surface area (Å²) in [5.74, 6) is 0.523. The van der Waals surface area contributed by atoms with Gasteiger partial charge in [0.15, 0.2) is 5.65 Å². The minimum Gasteiger partial charge on any atom is -0.497 e. The topological polar surface area (TPSA) is 120 Å². The van der Waals surface area contributed by atoms with Gasteiger partial charge in [-0.2, -0.15) is 9.78 Å². The van der Waals surface area contributed by atoms with E-state index in [2.05, 4.69) is 25.4 Å². The van der Waals surface area contributed by atoms with E-state index in [4.69, 9.17) is 10.5 Å². The van der Waals surface area contributed by atoms with Crippen molar-refractivity contribution in [3.63, 3.8) is 0 Å². The van der Waals surface area contributed by atoms with Gasteiger partial charge in [0.25, 0.3) is 5.91 Å². The number of nitrogens with one attached hydrogen (secondary N) is 1. The van der Waals surface area contributed by atoms with Gasteiger partial charge >= 0.3 is 0 Å². The van der Waals surface area contributed by atoms with Crippen molar-refractivity contribution in [3.8, 4) is 5.75 Å². The highest BCUT2D eigenvalue weighted by atomic mass is 16.5. The van der Waals surface area contributed by atoms with Crippen molar-refractivity contribution in [1.82, 2.24) is 24.9 Å². The minimum absolute atomic E-state index is 0.143. The van der Waals surface area contributed by atoms with Crippen molar-refractivity contribution >= 4 is 40.1 Å². The molecule has 0 aliphatic heterocycles. The lowest BCUT2D eigenvalue weighted by Gasteiger charge is -2.06. The van der Waals surface area contributed by atoms with Crippen LogP contribution in [0.15, 0.2) is 78.0 Å². The third-order valence-electron chi connectivity index (χ3n) is 5.31. The predicted molar refractivity (Wildman–Crippen MR) is 131 cm³/mol.